The van der Waals surface area contributed by atoms with Gasteiger partial charge in [0, 0.05) is 12.8 Å². The van der Waals surface area contributed by atoms with Gasteiger partial charge in [-0.05, 0) is 83.5 Å². The standard InChI is InChI=1S/C68H127NO5/c1-3-5-7-9-11-13-15-17-18-19-27-30-33-37-40-44-48-52-56-60-66(71)65(64-70)69-67(72)61-57-53-49-45-41-38-34-31-28-25-23-21-20-22-24-26-29-32-35-39-43-47-51-55-59-63-74-68(73)62-58-54-50-46-42-36-16-14-12-10-8-6-4-2/h8,10,14,16,21,23,56,60,65-66,70-71H,3-7,9,11-13,15,17-20,22,24-55,57-59,61-64H2,1-2H3,(H,69,72)/b10-8-,16-14-,23-21-,60-56+. The van der Waals surface area contributed by atoms with Crippen LogP contribution in [0.3, 0.4) is 0 Å². The summed E-state index contributed by atoms with van der Waals surface area (Å²) in [5.41, 5.74) is 0. The molecule has 2 atom stereocenters. The predicted octanol–water partition coefficient (Wildman–Crippen LogP) is 20.9. The average molecular weight is 1040 g/mol. The summed E-state index contributed by atoms with van der Waals surface area (Å²) >= 11 is 0. The molecule has 0 saturated carbocycles. The van der Waals surface area contributed by atoms with Crippen LogP contribution < -0.4 is 5.32 Å². The van der Waals surface area contributed by atoms with Crippen LogP contribution in [0.4, 0.5) is 0 Å². The molecular formula is C68H127NO5. The highest BCUT2D eigenvalue weighted by Gasteiger charge is 2.18. The molecule has 0 aromatic rings. The summed E-state index contributed by atoms with van der Waals surface area (Å²) in [5.74, 6) is -0.0715. The lowest BCUT2D eigenvalue weighted by atomic mass is 10.0. The van der Waals surface area contributed by atoms with Crippen molar-refractivity contribution in [3.05, 3.63) is 48.6 Å². The van der Waals surface area contributed by atoms with Gasteiger partial charge in [0.2, 0.25) is 5.91 Å². The van der Waals surface area contributed by atoms with Crippen molar-refractivity contribution in [1.82, 2.24) is 5.32 Å². The molecular weight excluding hydrogens is 911 g/mol. The van der Waals surface area contributed by atoms with Crippen LogP contribution >= 0.6 is 0 Å². The fourth-order valence-electron chi connectivity index (χ4n) is 10.0. The Morgan fingerprint density at radius 2 is 0.703 bits per heavy atom. The van der Waals surface area contributed by atoms with E-state index in [1.807, 2.05) is 6.08 Å². The molecule has 0 saturated heterocycles. The largest absolute Gasteiger partial charge is 0.466 e. The smallest absolute Gasteiger partial charge is 0.305 e. The third kappa shape index (κ3) is 59.1. The Kier molecular flexibility index (Phi) is 61.5. The number of carbonyl (C=O) groups excluding carboxylic acids is 2. The van der Waals surface area contributed by atoms with Gasteiger partial charge in [0.05, 0.1) is 25.4 Å². The Morgan fingerprint density at radius 3 is 1.09 bits per heavy atom. The molecule has 6 nitrogen and oxygen atoms in total. The van der Waals surface area contributed by atoms with Crippen molar-refractivity contribution in [1.29, 1.82) is 0 Å². The van der Waals surface area contributed by atoms with Gasteiger partial charge >= 0.3 is 5.97 Å². The lowest BCUT2D eigenvalue weighted by molar-refractivity contribution is -0.143. The third-order valence-corrected chi connectivity index (χ3v) is 15.0. The second-order valence-electron chi connectivity index (χ2n) is 22.4. The fourth-order valence-corrected chi connectivity index (χ4v) is 10.0. The molecule has 0 heterocycles. The molecule has 434 valence electrons. The van der Waals surface area contributed by atoms with Gasteiger partial charge in [-0.25, -0.2) is 0 Å². The van der Waals surface area contributed by atoms with Crippen LogP contribution in [0, 0.1) is 0 Å². The van der Waals surface area contributed by atoms with Crippen LogP contribution in [0.5, 0.6) is 0 Å². The Balaban J connectivity index is 3.44. The Hall–Kier alpha value is -2.18. The molecule has 0 aromatic carbocycles. The number of rotatable bonds is 61. The van der Waals surface area contributed by atoms with Crippen molar-refractivity contribution in [2.75, 3.05) is 13.2 Å². The number of hydrogen-bond acceptors (Lipinski definition) is 5. The number of aliphatic hydroxyl groups is 2. The molecule has 1 amide bonds. The highest BCUT2D eigenvalue weighted by Crippen LogP contribution is 2.17. The van der Waals surface area contributed by atoms with Crippen molar-refractivity contribution >= 4 is 11.9 Å². The maximum Gasteiger partial charge on any atom is 0.305 e. The summed E-state index contributed by atoms with van der Waals surface area (Å²) in [5, 5.41) is 23.2. The first-order valence-electron chi connectivity index (χ1n) is 32.9. The minimum Gasteiger partial charge on any atom is -0.466 e. The number of hydrogen-bond donors (Lipinski definition) is 3. The highest BCUT2D eigenvalue weighted by molar-refractivity contribution is 5.76. The summed E-state index contributed by atoms with van der Waals surface area (Å²) in [7, 11) is 0. The molecule has 0 rings (SSSR count). The molecule has 0 fully saturated rings. The normalized spacial score (nSPS) is 12.9. The zero-order valence-corrected chi connectivity index (χ0v) is 49.6. The first-order valence-corrected chi connectivity index (χ1v) is 32.9. The zero-order valence-electron chi connectivity index (χ0n) is 49.6. The van der Waals surface area contributed by atoms with E-state index in [2.05, 4.69) is 55.6 Å². The van der Waals surface area contributed by atoms with Gasteiger partial charge in [-0.3, -0.25) is 9.59 Å². The number of allylic oxidation sites excluding steroid dienone is 7. The molecule has 6 heteroatoms. The fraction of sp³-hybridized carbons (Fsp3) is 0.853. The maximum absolute atomic E-state index is 12.5. The van der Waals surface area contributed by atoms with Crippen LogP contribution in [-0.4, -0.2) is 47.4 Å². The number of unbranched alkanes of at least 4 members (excludes halogenated alkanes) is 44. The molecule has 0 aliphatic heterocycles. The van der Waals surface area contributed by atoms with Crippen molar-refractivity contribution in [3.63, 3.8) is 0 Å². The highest BCUT2D eigenvalue weighted by atomic mass is 16.5. The number of ether oxygens (including phenoxy) is 1. The number of amides is 1. The Bertz CT molecular complexity index is 1240. The number of esters is 1. The summed E-state index contributed by atoms with van der Waals surface area (Å²) in [6.45, 7) is 4.85. The lowest BCUT2D eigenvalue weighted by Gasteiger charge is -2.20. The predicted molar refractivity (Wildman–Crippen MR) is 324 cm³/mol. The minimum absolute atomic E-state index is 0.00249. The van der Waals surface area contributed by atoms with E-state index in [4.69, 9.17) is 4.74 Å². The van der Waals surface area contributed by atoms with Gasteiger partial charge in [-0.15, -0.1) is 0 Å². The van der Waals surface area contributed by atoms with E-state index >= 15 is 0 Å². The first kappa shape index (κ1) is 71.8. The van der Waals surface area contributed by atoms with Crippen molar-refractivity contribution < 1.29 is 24.5 Å². The van der Waals surface area contributed by atoms with Crippen LogP contribution in [0.2, 0.25) is 0 Å². The van der Waals surface area contributed by atoms with Gasteiger partial charge in [0.25, 0.3) is 0 Å². The zero-order chi connectivity index (χ0) is 53.6. The molecule has 2 unspecified atom stereocenters. The lowest BCUT2D eigenvalue weighted by Crippen LogP contribution is -2.45. The van der Waals surface area contributed by atoms with Gasteiger partial charge < -0.3 is 20.3 Å². The molecule has 0 aliphatic rings. The molecule has 74 heavy (non-hydrogen) atoms. The summed E-state index contributed by atoms with van der Waals surface area (Å²) in [6, 6.07) is -0.632. The van der Waals surface area contributed by atoms with Crippen molar-refractivity contribution in [2.24, 2.45) is 0 Å². The molecule has 0 aliphatic carbocycles. The van der Waals surface area contributed by atoms with Crippen LogP contribution in [0.25, 0.3) is 0 Å². The number of aliphatic hydroxyl groups excluding tert-OH is 2. The van der Waals surface area contributed by atoms with Gasteiger partial charge in [-0.2, -0.15) is 0 Å². The maximum atomic E-state index is 12.5. The summed E-state index contributed by atoms with van der Waals surface area (Å²) in [6.07, 6.45) is 81.7. The number of nitrogens with one attached hydrogen (secondary N) is 1. The monoisotopic (exact) mass is 1040 g/mol. The topological polar surface area (TPSA) is 95.9 Å². The van der Waals surface area contributed by atoms with Crippen molar-refractivity contribution in [2.45, 2.75) is 360 Å². The van der Waals surface area contributed by atoms with Gasteiger partial charge in [-0.1, -0.05) is 300 Å². The van der Waals surface area contributed by atoms with Crippen molar-refractivity contribution in [3.8, 4) is 0 Å². The van der Waals surface area contributed by atoms with E-state index in [0.717, 1.165) is 51.4 Å². The average Bonchev–Trinajstić information content (AvgIpc) is 3.40. The molecule has 0 spiro atoms. The molecule has 0 aromatic heterocycles. The summed E-state index contributed by atoms with van der Waals surface area (Å²) < 4.78 is 5.47. The van der Waals surface area contributed by atoms with E-state index in [1.54, 1.807) is 6.08 Å². The van der Waals surface area contributed by atoms with Crippen LogP contribution in [-0.2, 0) is 14.3 Å². The molecule has 3 N–H and O–H groups in total. The second-order valence-corrected chi connectivity index (χ2v) is 22.4. The van der Waals surface area contributed by atoms with E-state index in [1.165, 1.54) is 270 Å². The van der Waals surface area contributed by atoms with Gasteiger partial charge in [0.15, 0.2) is 0 Å². The van der Waals surface area contributed by atoms with E-state index in [9.17, 15) is 19.8 Å². The van der Waals surface area contributed by atoms with E-state index < -0.39 is 12.1 Å². The SMILES string of the molecule is CCC/C=C\C/C=C\CCCCCCCC(=O)OCCCCCCCCCCCCCC/C=C\CCCCCCCCCCCC(=O)NC(CO)C(O)/C=C/CCCCCCCCCCCCCCCCCCC. The van der Waals surface area contributed by atoms with Gasteiger partial charge in [0.1, 0.15) is 0 Å². The summed E-state index contributed by atoms with van der Waals surface area (Å²) in [4.78, 5) is 24.5. The minimum atomic E-state index is -0.848. The molecule has 0 bridgehead atoms. The van der Waals surface area contributed by atoms with Crippen LogP contribution in [0.15, 0.2) is 48.6 Å². The van der Waals surface area contributed by atoms with E-state index in [0.29, 0.717) is 19.4 Å². The van der Waals surface area contributed by atoms with Crippen LogP contribution in [0.1, 0.15) is 348 Å². The second kappa shape index (κ2) is 63.4. The molecule has 0 radical (unpaired) electrons. The first-order chi connectivity index (χ1) is 36.5. The van der Waals surface area contributed by atoms with E-state index in [-0.39, 0.29) is 18.5 Å². The quantitative estimate of drug-likeness (QED) is 0.0320. The Morgan fingerprint density at radius 1 is 0.378 bits per heavy atom. The Labute approximate surface area is 461 Å². The third-order valence-electron chi connectivity index (χ3n) is 15.0. The number of carbonyl (C=O) groups is 2.